The van der Waals surface area contributed by atoms with Crippen LogP contribution in [0.4, 0.5) is 4.39 Å². The number of benzene rings is 1. The van der Waals surface area contributed by atoms with Gasteiger partial charge < -0.3 is 9.67 Å². The van der Waals surface area contributed by atoms with Crippen molar-refractivity contribution in [1.29, 1.82) is 0 Å². The van der Waals surface area contributed by atoms with E-state index in [0.29, 0.717) is 17.1 Å². The van der Waals surface area contributed by atoms with Crippen molar-refractivity contribution in [2.45, 2.75) is 52.1 Å². The van der Waals surface area contributed by atoms with Crippen molar-refractivity contribution >= 4 is 6.08 Å². The highest BCUT2D eigenvalue weighted by Gasteiger charge is 2.50. The van der Waals surface area contributed by atoms with Gasteiger partial charge in [-0.05, 0) is 54.9 Å². The van der Waals surface area contributed by atoms with E-state index in [-0.39, 0.29) is 16.6 Å². The van der Waals surface area contributed by atoms with E-state index in [0.717, 1.165) is 43.4 Å². The molecule has 7 heteroatoms. The summed E-state index contributed by atoms with van der Waals surface area (Å²) in [5.74, 6) is 0.386. The van der Waals surface area contributed by atoms with Gasteiger partial charge in [-0.15, -0.1) is 10.2 Å². The highest BCUT2D eigenvalue weighted by molar-refractivity contribution is 5.66. The van der Waals surface area contributed by atoms with Gasteiger partial charge in [0.1, 0.15) is 17.6 Å². The molecule has 3 atom stereocenters. The Hall–Kier alpha value is -3.09. The maximum absolute atomic E-state index is 15.3. The van der Waals surface area contributed by atoms with Crippen LogP contribution in [-0.2, 0) is 0 Å². The van der Waals surface area contributed by atoms with Crippen LogP contribution in [0.2, 0.25) is 0 Å². The Kier molecular flexibility index (Phi) is 4.64. The molecule has 1 aromatic carbocycles. The SMILES string of the molecule is C[C@]12CCC[C@](C)(C1)[C@H](F)/C(=C/c1cnc(-c3ccc(-n4ccnc4)cc3O)nn1)C2. The van der Waals surface area contributed by atoms with Gasteiger partial charge >= 0.3 is 0 Å². The predicted molar refractivity (Wildman–Crippen MR) is 116 cm³/mol. The van der Waals surface area contributed by atoms with Crippen molar-refractivity contribution in [3.63, 3.8) is 0 Å². The summed E-state index contributed by atoms with van der Waals surface area (Å²) in [6.45, 7) is 4.35. The zero-order valence-electron chi connectivity index (χ0n) is 17.8. The fourth-order valence-corrected chi connectivity index (χ4v) is 5.54. The highest BCUT2D eigenvalue weighted by Crippen LogP contribution is 2.58. The number of fused-ring (bicyclic) bond motifs is 2. The summed E-state index contributed by atoms with van der Waals surface area (Å²) in [7, 11) is 0. The molecule has 2 aromatic heterocycles. The summed E-state index contributed by atoms with van der Waals surface area (Å²) in [5.41, 5.74) is 2.49. The van der Waals surface area contributed by atoms with Gasteiger partial charge in [0.25, 0.3) is 0 Å². The van der Waals surface area contributed by atoms with Gasteiger partial charge in [0.2, 0.25) is 0 Å². The molecule has 5 rings (SSSR count). The fraction of sp³-hybridized carbons (Fsp3) is 0.417. The molecular formula is C24H26FN5O. The molecule has 160 valence electrons. The van der Waals surface area contributed by atoms with Crippen LogP contribution in [0.1, 0.15) is 51.6 Å². The normalized spacial score (nSPS) is 29.3. The van der Waals surface area contributed by atoms with E-state index in [2.05, 4.69) is 34.0 Å². The molecular weight excluding hydrogens is 393 g/mol. The van der Waals surface area contributed by atoms with E-state index in [9.17, 15) is 5.11 Å². The third kappa shape index (κ3) is 3.62. The summed E-state index contributed by atoms with van der Waals surface area (Å²) in [5, 5.41) is 18.9. The average Bonchev–Trinajstić information content (AvgIpc) is 3.27. The monoisotopic (exact) mass is 419 g/mol. The van der Waals surface area contributed by atoms with Crippen LogP contribution >= 0.6 is 0 Å². The standard InChI is InChI=1S/C24H26FN5O/c1-23-6-3-7-24(2,14-23)21(25)16(12-23)10-17-13-27-22(29-28-17)19-5-4-18(11-20(19)31)30-9-8-26-15-30/h4-5,8-11,13,15,21,31H,3,6-7,12,14H2,1-2H3/b16-10+/t21-,23-,24-/m1/s1. The molecule has 31 heavy (non-hydrogen) atoms. The fourth-order valence-electron chi connectivity index (χ4n) is 5.54. The lowest BCUT2D eigenvalue weighted by Gasteiger charge is -2.52. The van der Waals surface area contributed by atoms with E-state index in [1.165, 1.54) is 0 Å². The number of rotatable bonds is 3. The number of alkyl halides is 1. The van der Waals surface area contributed by atoms with Gasteiger partial charge in [0.05, 0.1) is 23.8 Å². The van der Waals surface area contributed by atoms with Gasteiger partial charge in [-0.3, -0.25) is 0 Å². The molecule has 2 fully saturated rings. The Morgan fingerprint density at radius 3 is 2.81 bits per heavy atom. The number of phenolic OH excluding ortho intramolecular Hbond substituents is 1. The lowest BCUT2D eigenvalue weighted by atomic mass is 9.54. The minimum Gasteiger partial charge on any atom is -0.507 e. The Morgan fingerprint density at radius 2 is 2.10 bits per heavy atom. The Balaban J connectivity index is 1.40. The zero-order valence-corrected chi connectivity index (χ0v) is 17.8. The Morgan fingerprint density at radius 1 is 1.23 bits per heavy atom. The van der Waals surface area contributed by atoms with Crippen LogP contribution in [0, 0.1) is 10.8 Å². The van der Waals surface area contributed by atoms with Gasteiger partial charge in [-0.1, -0.05) is 20.3 Å². The largest absolute Gasteiger partial charge is 0.507 e. The molecule has 2 saturated carbocycles. The number of hydrogen-bond acceptors (Lipinski definition) is 5. The summed E-state index contributed by atoms with van der Waals surface area (Å²) in [4.78, 5) is 8.39. The van der Waals surface area contributed by atoms with E-state index in [4.69, 9.17) is 0 Å². The topological polar surface area (TPSA) is 76.7 Å². The molecule has 2 bridgehead atoms. The first-order valence-corrected chi connectivity index (χ1v) is 10.7. The molecule has 0 saturated heterocycles. The molecule has 0 unspecified atom stereocenters. The molecule has 6 nitrogen and oxygen atoms in total. The molecule has 0 amide bonds. The maximum Gasteiger partial charge on any atom is 0.185 e. The van der Waals surface area contributed by atoms with Crippen molar-refractivity contribution in [2.75, 3.05) is 0 Å². The number of phenols is 1. The van der Waals surface area contributed by atoms with Gasteiger partial charge in [-0.25, -0.2) is 14.4 Å². The zero-order chi connectivity index (χ0) is 21.6. The maximum atomic E-state index is 15.3. The number of aromatic nitrogens is 5. The number of aromatic hydroxyl groups is 1. The molecule has 3 aromatic rings. The molecule has 1 N–H and O–H groups in total. The van der Waals surface area contributed by atoms with Crippen molar-refractivity contribution in [1.82, 2.24) is 24.7 Å². The first kappa shape index (κ1) is 19.8. The third-order valence-corrected chi connectivity index (χ3v) is 6.86. The molecule has 2 heterocycles. The number of imidazole rings is 1. The molecule has 0 spiro atoms. The van der Waals surface area contributed by atoms with Gasteiger partial charge in [-0.2, -0.15) is 0 Å². The minimum absolute atomic E-state index is 0.0592. The average molecular weight is 420 g/mol. The second-order valence-electron chi connectivity index (χ2n) is 9.63. The van der Waals surface area contributed by atoms with Crippen molar-refractivity contribution in [3.05, 3.63) is 54.4 Å². The van der Waals surface area contributed by atoms with Gasteiger partial charge in [0, 0.05) is 23.9 Å². The Labute approximate surface area is 180 Å². The molecule has 2 aliphatic rings. The van der Waals surface area contributed by atoms with Crippen molar-refractivity contribution < 1.29 is 9.50 Å². The number of halogens is 1. The third-order valence-electron chi connectivity index (χ3n) is 6.86. The highest BCUT2D eigenvalue weighted by atomic mass is 19.1. The van der Waals surface area contributed by atoms with E-state index >= 15 is 4.39 Å². The Bertz CT molecular complexity index is 1130. The van der Waals surface area contributed by atoms with Gasteiger partial charge in [0.15, 0.2) is 5.82 Å². The van der Waals surface area contributed by atoms with E-state index < -0.39 is 6.17 Å². The van der Waals surface area contributed by atoms with Crippen LogP contribution in [0.5, 0.6) is 5.75 Å². The first-order chi connectivity index (χ1) is 14.9. The van der Waals surface area contributed by atoms with Crippen LogP contribution in [0.3, 0.4) is 0 Å². The van der Waals surface area contributed by atoms with Crippen molar-refractivity contribution in [3.8, 4) is 22.8 Å². The lowest BCUT2D eigenvalue weighted by molar-refractivity contribution is -0.00517. The summed E-state index contributed by atoms with van der Waals surface area (Å²) < 4.78 is 17.1. The van der Waals surface area contributed by atoms with Crippen LogP contribution < -0.4 is 0 Å². The van der Waals surface area contributed by atoms with E-state index in [1.54, 1.807) is 41.6 Å². The number of allylic oxidation sites excluding steroid dienone is 1. The number of nitrogens with zero attached hydrogens (tertiary/aromatic N) is 5. The summed E-state index contributed by atoms with van der Waals surface area (Å²) in [6, 6.07) is 5.24. The quantitative estimate of drug-likeness (QED) is 0.636. The van der Waals surface area contributed by atoms with E-state index in [1.807, 2.05) is 12.1 Å². The first-order valence-electron chi connectivity index (χ1n) is 10.7. The summed E-state index contributed by atoms with van der Waals surface area (Å²) >= 11 is 0. The predicted octanol–water partition coefficient (Wildman–Crippen LogP) is 5.14. The minimum atomic E-state index is -0.956. The van der Waals surface area contributed by atoms with Crippen LogP contribution in [-0.4, -0.2) is 36.0 Å². The summed E-state index contributed by atoms with van der Waals surface area (Å²) in [6.07, 6.45) is 12.5. The second-order valence-corrected chi connectivity index (χ2v) is 9.63. The molecule has 0 radical (unpaired) electrons. The van der Waals surface area contributed by atoms with Crippen molar-refractivity contribution in [2.24, 2.45) is 10.8 Å². The second kappa shape index (κ2) is 7.25. The number of hydrogen-bond donors (Lipinski definition) is 1. The smallest absolute Gasteiger partial charge is 0.185 e. The van der Waals surface area contributed by atoms with Crippen LogP contribution in [0.25, 0.3) is 23.2 Å². The van der Waals surface area contributed by atoms with Crippen LogP contribution in [0.15, 0.2) is 48.7 Å². The molecule has 2 aliphatic carbocycles. The molecule has 0 aliphatic heterocycles. The lowest BCUT2D eigenvalue weighted by Crippen LogP contribution is -2.45.